The highest BCUT2D eigenvalue weighted by molar-refractivity contribution is 7.89. The molecule has 1 aromatic carbocycles. The molecule has 0 fully saturated rings. The average molecular weight is 295 g/mol. The van der Waals surface area contributed by atoms with Gasteiger partial charge in [0.15, 0.2) is 0 Å². The van der Waals surface area contributed by atoms with Gasteiger partial charge in [0.1, 0.15) is 5.75 Å². The van der Waals surface area contributed by atoms with E-state index in [1.54, 1.807) is 31.8 Å². The zero-order valence-corrected chi connectivity index (χ0v) is 12.2. The van der Waals surface area contributed by atoms with Gasteiger partial charge < -0.3 is 9.72 Å². The smallest absolute Gasteiger partial charge is 0.240 e. The Morgan fingerprint density at radius 3 is 2.80 bits per heavy atom. The maximum Gasteiger partial charge on any atom is 0.240 e. The zero-order valence-electron chi connectivity index (χ0n) is 11.4. The molecule has 0 bridgehead atoms. The molecule has 0 aliphatic heterocycles. The minimum absolute atomic E-state index is 0.236. The van der Waals surface area contributed by atoms with Crippen molar-refractivity contribution >= 4 is 10.0 Å². The Kier molecular flexibility index (Phi) is 4.41. The van der Waals surface area contributed by atoms with E-state index in [1.165, 1.54) is 6.07 Å². The van der Waals surface area contributed by atoms with Crippen LogP contribution in [0.3, 0.4) is 0 Å². The van der Waals surface area contributed by atoms with Gasteiger partial charge in [-0.05, 0) is 30.7 Å². The SMILES string of the molecule is COc1ccc(S(=O)(=O)NCCc2cnc[nH]2)cc1C. The predicted molar refractivity (Wildman–Crippen MR) is 75.2 cm³/mol. The fourth-order valence-electron chi connectivity index (χ4n) is 1.84. The lowest BCUT2D eigenvalue weighted by atomic mass is 10.2. The number of rotatable bonds is 6. The lowest BCUT2D eigenvalue weighted by Crippen LogP contribution is -2.26. The van der Waals surface area contributed by atoms with Crippen molar-refractivity contribution in [1.82, 2.24) is 14.7 Å². The molecule has 0 unspecified atom stereocenters. The molecule has 0 aliphatic carbocycles. The van der Waals surface area contributed by atoms with Gasteiger partial charge in [-0.25, -0.2) is 18.1 Å². The molecule has 20 heavy (non-hydrogen) atoms. The van der Waals surface area contributed by atoms with Crippen LogP contribution in [0.5, 0.6) is 5.75 Å². The number of ether oxygens (including phenoxy) is 1. The number of imidazole rings is 1. The second-order valence-electron chi connectivity index (χ2n) is 4.36. The summed E-state index contributed by atoms with van der Waals surface area (Å²) in [5.74, 6) is 0.668. The first-order chi connectivity index (χ1) is 9.53. The van der Waals surface area contributed by atoms with Crippen LogP contribution in [0.15, 0.2) is 35.6 Å². The van der Waals surface area contributed by atoms with Crippen molar-refractivity contribution in [2.45, 2.75) is 18.2 Å². The molecule has 1 heterocycles. The fourth-order valence-corrected chi connectivity index (χ4v) is 2.96. The van der Waals surface area contributed by atoms with Crippen LogP contribution in [-0.2, 0) is 16.4 Å². The Hall–Kier alpha value is -1.86. The molecule has 108 valence electrons. The molecule has 6 nitrogen and oxygen atoms in total. The van der Waals surface area contributed by atoms with Crippen LogP contribution in [0.1, 0.15) is 11.3 Å². The summed E-state index contributed by atoms with van der Waals surface area (Å²) in [6, 6.07) is 4.78. The number of nitrogens with one attached hydrogen (secondary N) is 2. The summed E-state index contributed by atoms with van der Waals surface area (Å²) in [4.78, 5) is 7.04. The van der Waals surface area contributed by atoms with E-state index in [9.17, 15) is 8.42 Å². The van der Waals surface area contributed by atoms with Gasteiger partial charge in [0.2, 0.25) is 10.0 Å². The second kappa shape index (κ2) is 6.06. The molecule has 2 N–H and O–H groups in total. The van der Waals surface area contributed by atoms with Crippen molar-refractivity contribution in [3.05, 3.63) is 42.0 Å². The van der Waals surface area contributed by atoms with Gasteiger partial charge in [-0.15, -0.1) is 0 Å². The number of hydrogen-bond donors (Lipinski definition) is 2. The molecular weight excluding hydrogens is 278 g/mol. The van der Waals surface area contributed by atoms with Crippen molar-refractivity contribution in [1.29, 1.82) is 0 Å². The summed E-state index contributed by atoms with van der Waals surface area (Å²) in [5, 5.41) is 0. The number of benzene rings is 1. The van der Waals surface area contributed by atoms with Gasteiger partial charge in [0.05, 0.1) is 18.3 Å². The Balaban J connectivity index is 2.04. The standard InChI is InChI=1S/C13H17N3O3S/c1-10-7-12(3-4-13(10)19-2)20(17,18)16-6-5-11-8-14-9-15-11/h3-4,7-9,16H,5-6H2,1-2H3,(H,14,15). The summed E-state index contributed by atoms with van der Waals surface area (Å²) in [6.45, 7) is 2.12. The van der Waals surface area contributed by atoms with Crippen LogP contribution in [0.4, 0.5) is 0 Å². The van der Waals surface area contributed by atoms with E-state index >= 15 is 0 Å². The first-order valence-electron chi connectivity index (χ1n) is 6.14. The topological polar surface area (TPSA) is 84.1 Å². The summed E-state index contributed by atoms with van der Waals surface area (Å²) in [7, 11) is -1.95. The number of sulfonamides is 1. The van der Waals surface area contributed by atoms with Crippen molar-refractivity contribution in [2.24, 2.45) is 0 Å². The summed E-state index contributed by atoms with van der Waals surface area (Å²) in [5.41, 5.74) is 1.67. The fraction of sp³-hybridized carbons (Fsp3) is 0.308. The first kappa shape index (κ1) is 14.5. The molecule has 0 saturated carbocycles. The third-order valence-electron chi connectivity index (χ3n) is 2.92. The molecule has 0 radical (unpaired) electrons. The number of aromatic amines is 1. The van der Waals surface area contributed by atoms with Crippen LogP contribution >= 0.6 is 0 Å². The van der Waals surface area contributed by atoms with Gasteiger partial charge in [-0.1, -0.05) is 0 Å². The Morgan fingerprint density at radius 1 is 1.40 bits per heavy atom. The van der Waals surface area contributed by atoms with E-state index in [4.69, 9.17) is 4.74 Å². The predicted octanol–water partition coefficient (Wildman–Crippen LogP) is 1.25. The maximum absolute atomic E-state index is 12.1. The van der Waals surface area contributed by atoms with Crippen molar-refractivity contribution < 1.29 is 13.2 Å². The highest BCUT2D eigenvalue weighted by Gasteiger charge is 2.14. The summed E-state index contributed by atoms with van der Waals surface area (Å²) >= 11 is 0. The van der Waals surface area contributed by atoms with Crippen LogP contribution in [0.25, 0.3) is 0 Å². The van der Waals surface area contributed by atoms with Gasteiger partial charge >= 0.3 is 0 Å². The second-order valence-corrected chi connectivity index (χ2v) is 6.12. The highest BCUT2D eigenvalue weighted by atomic mass is 32.2. The number of aromatic nitrogens is 2. The molecule has 0 spiro atoms. The lowest BCUT2D eigenvalue weighted by molar-refractivity contribution is 0.411. The van der Waals surface area contributed by atoms with Gasteiger partial charge in [0, 0.05) is 24.9 Å². The number of H-pyrrole nitrogens is 1. The first-order valence-corrected chi connectivity index (χ1v) is 7.63. The minimum atomic E-state index is -3.50. The quantitative estimate of drug-likeness (QED) is 0.840. The third kappa shape index (κ3) is 3.37. The molecule has 1 aromatic heterocycles. The molecule has 0 amide bonds. The normalized spacial score (nSPS) is 11.5. The number of aryl methyl sites for hydroxylation is 1. The number of nitrogens with zero attached hydrogens (tertiary/aromatic N) is 1. The van der Waals surface area contributed by atoms with Crippen LogP contribution in [-0.4, -0.2) is 32.0 Å². The van der Waals surface area contributed by atoms with E-state index in [0.717, 1.165) is 11.3 Å². The largest absolute Gasteiger partial charge is 0.496 e. The molecule has 0 atom stereocenters. The maximum atomic E-state index is 12.1. The van der Waals surface area contributed by atoms with E-state index in [0.29, 0.717) is 18.7 Å². The monoisotopic (exact) mass is 295 g/mol. The van der Waals surface area contributed by atoms with Crippen molar-refractivity contribution in [3.63, 3.8) is 0 Å². The van der Waals surface area contributed by atoms with E-state index in [2.05, 4.69) is 14.7 Å². The highest BCUT2D eigenvalue weighted by Crippen LogP contribution is 2.21. The van der Waals surface area contributed by atoms with E-state index in [-0.39, 0.29) is 4.90 Å². The number of methoxy groups -OCH3 is 1. The molecular formula is C13H17N3O3S. The van der Waals surface area contributed by atoms with Crippen LogP contribution < -0.4 is 9.46 Å². The Bertz CT molecular complexity index is 666. The van der Waals surface area contributed by atoms with Crippen molar-refractivity contribution in [2.75, 3.05) is 13.7 Å². The molecule has 7 heteroatoms. The third-order valence-corrected chi connectivity index (χ3v) is 4.38. The Labute approximate surface area is 118 Å². The average Bonchev–Trinajstić information content (AvgIpc) is 2.91. The lowest BCUT2D eigenvalue weighted by Gasteiger charge is -2.09. The molecule has 2 rings (SSSR count). The zero-order chi connectivity index (χ0) is 14.6. The summed E-state index contributed by atoms with van der Waals surface area (Å²) < 4.78 is 31.9. The van der Waals surface area contributed by atoms with Gasteiger partial charge in [0.25, 0.3) is 0 Å². The van der Waals surface area contributed by atoms with E-state index in [1.807, 2.05) is 6.92 Å². The molecule has 0 aliphatic rings. The van der Waals surface area contributed by atoms with E-state index < -0.39 is 10.0 Å². The van der Waals surface area contributed by atoms with Crippen LogP contribution in [0, 0.1) is 6.92 Å². The molecule has 2 aromatic rings. The Morgan fingerprint density at radius 2 is 2.20 bits per heavy atom. The van der Waals surface area contributed by atoms with Gasteiger partial charge in [-0.2, -0.15) is 0 Å². The summed E-state index contributed by atoms with van der Waals surface area (Å²) in [6.07, 6.45) is 3.80. The van der Waals surface area contributed by atoms with Crippen LogP contribution in [0.2, 0.25) is 0 Å². The molecule has 0 saturated heterocycles. The van der Waals surface area contributed by atoms with Crippen molar-refractivity contribution in [3.8, 4) is 5.75 Å². The number of hydrogen-bond acceptors (Lipinski definition) is 4. The minimum Gasteiger partial charge on any atom is -0.496 e. The van der Waals surface area contributed by atoms with Gasteiger partial charge in [-0.3, -0.25) is 0 Å².